The molecule has 140 valence electrons. The summed E-state index contributed by atoms with van der Waals surface area (Å²) >= 11 is 0. The Morgan fingerprint density at radius 3 is 2.67 bits per heavy atom. The molecule has 1 saturated carbocycles. The number of fused-ring (bicyclic) bond motifs is 1. The number of nitriles is 1. The molecule has 2 heterocycles. The van der Waals surface area contributed by atoms with E-state index in [1.54, 1.807) is 6.07 Å². The molecule has 0 N–H and O–H groups in total. The van der Waals surface area contributed by atoms with E-state index in [2.05, 4.69) is 41.5 Å². The Morgan fingerprint density at radius 2 is 2.07 bits per heavy atom. The zero-order valence-electron chi connectivity index (χ0n) is 16.0. The Morgan fingerprint density at radius 1 is 1.30 bits per heavy atom. The monoisotopic (exact) mass is 365 g/mol. The van der Waals surface area contributed by atoms with Gasteiger partial charge in [-0.2, -0.15) is 5.26 Å². The first-order chi connectivity index (χ1) is 13.1. The zero-order chi connectivity index (χ0) is 19.1. The predicted octanol–water partition coefficient (Wildman–Crippen LogP) is 5.01. The van der Waals surface area contributed by atoms with Gasteiger partial charge in [-0.15, -0.1) is 0 Å². The number of nitrogens with zero attached hydrogens (tertiary/aromatic N) is 3. The Bertz CT molecular complexity index is 989. The lowest BCUT2D eigenvalue weighted by Crippen LogP contribution is -2.32. The molecule has 1 aromatic carbocycles. The fourth-order valence-electron chi connectivity index (χ4n) is 4.09. The normalized spacial score (nSPS) is 17.2. The largest absolute Gasteiger partial charge is 0.494 e. The van der Waals surface area contributed by atoms with Crippen LogP contribution < -0.4 is 4.74 Å². The van der Waals surface area contributed by atoms with Gasteiger partial charge in [0.05, 0.1) is 29.6 Å². The summed E-state index contributed by atoms with van der Waals surface area (Å²) in [7, 11) is 1.47. The maximum atomic E-state index is 14.4. The molecule has 1 aliphatic heterocycles. The molecule has 1 fully saturated rings. The molecule has 0 saturated heterocycles. The Hall–Kier alpha value is -2.74. The van der Waals surface area contributed by atoms with Crippen molar-refractivity contribution in [2.45, 2.75) is 45.2 Å². The number of hydrogen-bond donors (Lipinski definition) is 0. The summed E-state index contributed by atoms with van der Waals surface area (Å²) in [5, 5.41) is 10.7. The molecule has 2 aromatic rings. The highest BCUT2D eigenvalue weighted by atomic mass is 19.1. The van der Waals surface area contributed by atoms with Crippen LogP contribution in [0.15, 0.2) is 30.4 Å². The van der Waals surface area contributed by atoms with Gasteiger partial charge in [0.15, 0.2) is 11.6 Å². The first-order valence-electron chi connectivity index (χ1n) is 9.52. The number of ether oxygens (including phenoxy) is 1. The van der Waals surface area contributed by atoms with E-state index in [1.165, 1.54) is 19.6 Å². The number of hydrogen-bond acceptors (Lipinski definition) is 3. The first kappa shape index (κ1) is 17.7. The molecule has 0 radical (unpaired) electrons. The maximum Gasteiger partial charge on any atom is 0.165 e. The number of methoxy groups -OCH3 is 1. The fraction of sp³-hybridized carbons (Fsp3) is 0.409. The summed E-state index contributed by atoms with van der Waals surface area (Å²) in [6.45, 7) is 5.11. The number of aromatic nitrogens is 1. The van der Waals surface area contributed by atoms with Gasteiger partial charge in [0.1, 0.15) is 6.07 Å². The lowest BCUT2D eigenvalue weighted by atomic mass is 9.92. The van der Waals surface area contributed by atoms with Crippen LogP contribution in [0.5, 0.6) is 5.75 Å². The standard InChI is InChI=1S/C22H24FN3O/c1-14(2)25-10-5-4-9-19(25)22-17(13-24)16-11-18(23)21(27-3)12-20(16)26(22)15-7-6-8-15/h4-5,9,11-12,14-15H,6-8,10H2,1-3H3. The van der Waals surface area contributed by atoms with Gasteiger partial charge >= 0.3 is 0 Å². The fourth-order valence-corrected chi connectivity index (χ4v) is 4.09. The first-order valence-corrected chi connectivity index (χ1v) is 9.52. The minimum Gasteiger partial charge on any atom is -0.494 e. The van der Waals surface area contributed by atoms with E-state index in [1.807, 2.05) is 6.08 Å². The molecule has 0 bridgehead atoms. The Kier molecular flexibility index (Phi) is 4.43. The van der Waals surface area contributed by atoms with Crippen molar-refractivity contribution >= 4 is 16.6 Å². The highest BCUT2D eigenvalue weighted by Crippen LogP contribution is 2.43. The van der Waals surface area contributed by atoms with Crippen LogP contribution in [0.4, 0.5) is 4.39 Å². The minimum atomic E-state index is -0.433. The van der Waals surface area contributed by atoms with E-state index >= 15 is 0 Å². The summed E-state index contributed by atoms with van der Waals surface area (Å²) in [6, 6.07) is 6.19. The molecule has 4 rings (SSSR count). The van der Waals surface area contributed by atoms with Crippen molar-refractivity contribution in [1.29, 1.82) is 5.26 Å². The molecular formula is C22H24FN3O. The average Bonchev–Trinajstić information content (AvgIpc) is 2.92. The molecule has 1 aromatic heterocycles. The van der Waals surface area contributed by atoms with Crippen molar-refractivity contribution < 1.29 is 9.13 Å². The van der Waals surface area contributed by atoms with Gasteiger partial charge in [-0.25, -0.2) is 4.39 Å². The highest BCUT2D eigenvalue weighted by Gasteiger charge is 2.31. The maximum absolute atomic E-state index is 14.4. The third-order valence-electron chi connectivity index (χ3n) is 5.70. The summed E-state index contributed by atoms with van der Waals surface area (Å²) in [6.07, 6.45) is 9.56. The Balaban J connectivity index is 2.05. The van der Waals surface area contributed by atoms with Crippen LogP contribution in [0.2, 0.25) is 0 Å². The van der Waals surface area contributed by atoms with E-state index in [0.29, 0.717) is 23.0 Å². The SMILES string of the molecule is COc1cc2c(cc1F)c(C#N)c(C1=CC=CCN1C(C)C)n2C1CCC1. The topological polar surface area (TPSA) is 41.2 Å². The van der Waals surface area contributed by atoms with Gasteiger partial charge in [0.25, 0.3) is 0 Å². The smallest absolute Gasteiger partial charge is 0.165 e. The van der Waals surface area contributed by atoms with Gasteiger partial charge < -0.3 is 14.2 Å². The van der Waals surface area contributed by atoms with Crippen LogP contribution in [0.1, 0.15) is 50.4 Å². The molecule has 27 heavy (non-hydrogen) atoms. The van der Waals surface area contributed by atoms with E-state index in [-0.39, 0.29) is 5.75 Å². The van der Waals surface area contributed by atoms with Crippen molar-refractivity contribution in [2.24, 2.45) is 0 Å². The summed E-state index contributed by atoms with van der Waals surface area (Å²) in [5.41, 5.74) is 3.36. The van der Waals surface area contributed by atoms with Crippen molar-refractivity contribution in [3.8, 4) is 11.8 Å². The average molecular weight is 365 g/mol. The molecule has 0 spiro atoms. The predicted molar refractivity (Wildman–Crippen MR) is 105 cm³/mol. The van der Waals surface area contributed by atoms with Crippen molar-refractivity contribution in [3.05, 3.63) is 47.4 Å². The van der Waals surface area contributed by atoms with Gasteiger partial charge in [-0.3, -0.25) is 0 Å². The number of allylic oxidation sites excluding steroid dienone is 2. The van der Waals surface area contributed by atoms with Crippen molar-refractivity contribution in [2.75, 3.05) is 13.7 Å². The van der Waals surface area contributed by atoms with Gasteiger partial charge in [0, 0.05) is 30.1 Å². The lowest BCUT2D eigenvalue weighted by molar-refractivity contribution is 0.311. The molecule has 0 unspecified atom stereocenters. The molecule has 5 heteroatoms. The van der Waals surface area contributed by atoms with E-state index in [0.717, 1.165) is 36.3 Å². The highest BCUT2D eigenvalue weighted by molar-refractivity contribution is 5.94. The van der Waals surface area contributed by atoms with Gasteiger partial charge in [-0.1, -0.05) is 12.2 Å². The number of rotatable bonds is 4. The molecule has 2 aliphatic rings. The van der Waals surface area contributed by atoms with Crippen LogP contribution in [-0.4, -0.2) is 29.2 Å². The van der Waals surface area contributed by atoms with Crippen LogP contribution in [0.3, 0.4) is 0 Å². The van der Waals surface area contributed by atoms with Gasteiger partial charge in [-0.05, 0) is 45.3 Å². The molecular weight excluding hydrogens is 341 g/mol. The zero-order valence-corrected chi connectivity index (χ0v) is 16.0. The summed E-state index contributed by atoms with van der Waals surface area (Å²) in [5.74, 6) is -0.216. The quantitative estimate of drug-likeness (QED) is 0.765. The van der Waals surface area contributed by atoms with Crippen molar-refractivity contribution in [1.82, 2.24) is 9.47 Å². The third kappa shape index (κ3) is 2.71. The van der Waals surface area contributed by atoms with Crippen molar-refractivity contribution in [3.63, 3.8) is 0 Å². The third-order valence-corrected chi connectivity index (χ3v) is 5.70. The number of benzene rings is 1. The second-order valence-corrected chi connectivity index (χ2v) is 7.52. The van der Waals surface area contributed by atoms with E-state index in [9.17, 15) is 9.65 Å². The molecule has 4 nitrogen and oxygen atoms in total. The molecule has 0 amide bonds. The number of halogens is 1. The van der Waals surface area contributed by atoms with Gasteiger partial charge in [0.2, 0.25) is 0 Å². The van der Waals surface area contributed by atoms with Crippen LogP contribution in [0, 0.1) is 17.1 Å². The van der Waals surface area contributed by atoms with Crippen LogP contribution in [-0.2, 0) is 0 Å². The molecule has 1 aliphatic carbocycles. The van der Waals surface area contributed by atoms with Crippen LogP contribution in [0.25, 0.3) is 16.6 Å². The summed E-state index contributed by atoms with van der Waals surface area (Å²) in [4.78, 5) is 2.29. The van der Waals surface area contributed by atoms with Crippen LogP contribution >= 0.6 is 0 Å². The Labute approximate surface area is 159 Å². The summed E-state index contributed by atoms with van der Waals surface area (Å²) < 4.78 is 21.9. The van der Waals surface area contributed by atoms with E-state index in [4.69, 9.17) is 4.74 Å². The second-order valence-electron chi connectivity index (χ2n) is 7.52. The molecule has 0 atom stereocenters. The second kappa shape index (κ2) is 6.77. The van der Waals surface area contributed by atoms with E-state index < -0.39 is 5.82 Å². The lowest BCUT2D eigenvalue weighted by Gasteiger charge is -2.36. The minimum absolute atomic E-state index is 0.217.